The normalized spacial score (nSPS) is 50.2. The number of fused-ring (bicyclic) bond motifs is 6. The molecule has 6 heterocycles. The second-order valence-electron chi connectivity index (χ2n) is 8.67. The van der Waals surface area contributed by atoms with Crippen LogP contribution in [0.5, 0.6) is 0 Å². The molecule has 0 bridgehead atoms. The Kier molecular flexibility index (Phi) is 4.46. The van der Waals surface area contributed by atoms with Gasteiger partial charge in [0.15, 0.2) is 53.9 Å². The Bertz CT molecular complexity index is 725. The topological polar surface area (TPSA) is 108 Å². The van der Waals surface area contributed by atoms with Crippen molar-refractivity contribution in [1.82, 2.24) is 0 Å². The fraction of sp³-hybridized carbons (Fsp3) is 0.889. The fourth-order valence-corrected chi connectivity index (χ4v) is 4.68. The van der Waals surface area contributed by atoms with Crippen LogP contribution in [0.1, 0.15) is 34.1 Å². The zero-order valence-corrected chi connectivity index (χ0v) is 17.1. The van der Waals surface area contributed by atoms with Crippen LogP contribution in [0.2, 0.25) is 0 Å². The smallest absolute Gasteiger partial charge is 0.327 e. The van der Waals surface area contributed by atoms with Gasteiger partial charge in [0.25, 0.3) is 0 Å². The standard InChI is InChI=1S/C9H11ClO5.C9H12O5/c1-9(2)14-6-5-4(13-8(6)15-9)3(10)7(11)12-5;1-9(2)13-7-6-4(3-5(10)12-6)11-8(7)14-9/h3-6,8H,1-2H3;4,6-8H,3H2,1-2H3/t3-,4-,5+,6?,8-;4?,6-,7?,8+/m10/s1. The Morgan fingerprint density at radius 1 is 0.759 bits per heavy atom. The summed E-state index contributed by atoms with van der Waals surface area (Å²) in [7, 11) is 0. The number of rotatable bonds is 0. The maximum Gasteiger partial charge on any atom is 0.327 e. The van der Waals surface area contributed by atoms with Gasteiger partial charge in [0, 0.05) is 0 Å². The van der Waals surface area contributed by atoms with Gasteiger partial charge in [-0.1, -0.05) is 0 Å². The Labute approximate surface area is 171 Å². The number of carbonyl (C=O) groups excluding carboxylic acids is 2. The second-order valence-corrected chi connectivity index (χ2v) is 9.14. The molecule has 9 atom stereocenters. The molecule has 11 heteroatoms. The van der Waals surface area contributed by atoms with E-state index in [1.165, 1.54) is 0 Å². The molecule has 10 nitrogen and oxygen atoms in total. The molecule has 0 radical (unpaired) electrons. The lowest BCUT2D eigenvalue weighted by atomic mass is 10.1. The predicted molar refractivity (Wildman–Crippen MR) is 91.4 cm³/mol. The van der Waals surface area contributed by atoms with Crippen molar-refractivity contribution in [3.63, 3.8) is 0 Å². The van der Waals surface area contributed by atoms with Gasteiger partial charge in [-0.25, -0.2) is 0 Å². The van der Waals surface area contributed by atoms with E-state index in [4.69, 9.17) is 49.5 Å². The minimum Gasteiger partial charge on any atom is -0.456 e. The van der Waals surface area contributed by atoms with E-state index >= 15 is 0 Å². The number of carbonyl (C=O) groups is 2. The molecule has 0 aromatic carbocycles. The van der Waals surface area contributed by atoms with Crippen molar-refractivity contribution < 1.29 is 47.5 Å². The van der Waals surface area contributed by atoms with E-state index in [2.05, 4.69) is 0 Å². The molecule has 6 fully saturated rings. The molecule has 0 aliphatic carbocycles. The third kappa shape index (κ3) is 3.34. The number of halogens is 1. The average Bonchev–Trinajstić information content (AvgIpc) is 3.36. The van der Waals surface area contributed by atoms with Crippen LogP contribution in [-0.4, -0.2) is 78.1 Å². The molecule has 3 unspecified atom stereocenters. The maximum atomic E-state index is 11.2. The van der Waals surface area contributed by atoms with E-state index < -0.39 is 41.4 Å². The Hall–Kier alpha value is -1.01. The van der Waals surface area contributed by atoms with Gasteiger partial charge in [-0.3, -0.25) is 9.59 Å². The van der Waals surface area contributed by atoms with Crippen LogP contribution in [0.25, 0.3) is 0 Å². The first-order valence-corrected chi connectivity index (χ1v) is 10.0. The maximum absolute atomic E-state index is 11.2. The summed E-state index contributed by atoms with van der Waals surface area (Å²) in [5.74, 6) is -2.00. The summed E-state index contributed by atoms with van der Waals surface area (Å²) in [5, 5.41) is -0.754. The Morgan fingerprint density at radius 2 is 1.34 bits per heavy atom. The lowest BCUT2D eigenvalue weighted by molar-refractivity contribution is -0.209. The Balaban J connectivity index is 0.000000125. The molecule has 0 spiro atoms. The van der Waals surface area contributed by atoms with Crippen LogP contribution in [0.3, 0.4) is 0 Å². The SMILES string of the molecule is CC1(C)OC2[C@H](OC3CC(=O)O[C@@H]32)O1.CC1(C)OC2[C@H](O[C@H]3[C@@H]2OC(=O)[C@@H]3Cl)O1. The zero-order chi connectivity index (χ0) is 20.7. The monoisotopic (exact) mass is 434 g/mol. The minimum absolute atomic E-state index is 0.186. The highest BCUT2D eigenvalue weighted by Crippen LogP contribution is 2.44. The Morgan fingerprint density at radius 3 is 2.00 bits per heavy atom. The van der Waals surface area contributed by atoms with E-state index in [1.54, 1.807) is 13.8 Å². The van der Waals surface area contributed by atoms with Gasteiger partial charge in [-0.2, -0.15) is 0 Å². The molecule has 0 aromatic rings. The number of hydrogen-bond acceptors (Lipinski definition) is 10. The van der Waals surface area contributed by atoms with Gasteiger partial charge in [0.1, 0.15) is 12.2 Å². The summed E-state index contributed by atoms with van der Waals surface area (Å²) in [6.07, 6.45) is -2.54. The third-order valence-corrected chi connectivity index (χ3v) is 5.94. The van der Waals surface area contributed by atoms with E-state index in [9.17, 15) is 9.59 Å². The molecular formula is C18H23ClO10. The van der Waals surface area contributed by atoms with Crippen molar-refractivity contribution in [3.05, 3.63) is 0 Å². The van der Waals surface area contributed by atoms with Crippen molar-refractivity contribution in [2.24, 2.45) is 0 Å². The fourth-order valence-electron chi connectivity index (χ4n) is 4.42. The van der Waals surface area contributed by atoms with Crippen molar-refractivity contribution in [1.29, 1.82) is 0 Å². The van der Waals surface area contributed by atoms with Crippen molar-refractivity contribution in [2.75, 3.05) is 0 Å². The summed E-state index contributed by atoms with van der Waals surface area (Å²) in [6.45, 7) is 7.22. The summed E-state index contributed by atoms with van der Waals surface area (Å²) < 4.78 is 43.5. The lowest BCUT2D eigenvalue weighted by Crippen LogP contribution is -2.34. The van der Waals surface area contributed by atoms with E-state index in [0.717, 1.165) is 0 Å². The molecule has 29 heavy (non-hydrogen) atoms. The molecule has 6 saturated heterocycles. The molecule has 6 aliphatic rings. The highest BCUT2D eigenvalue weighted by Gasteiger charge is 2.63. The number of esters is 2. The first-order valence-electron chi connectivity index (χ1n) is 9.59. The predicted octanol–water partition coefficient (Wildman–Crippen LogP) is 0.574. The average molecular weight is 435 g/mol. The number of alkyl halides is 1. The van der Waals surface area contributed by atoms with Crippen LogP contribution in [-0.2, 0) is 47.5 Å². The molecule has 0 aromatic heterocycles. The third-order valence-electron chi connectivity index (χ3n) is 5.52. The summed E-state index contributed by atoms with van der Waals surface area (Å²) in [5.41, 5.74) is 0. The van der Waals surface area contributed by atoms with Gasteiger partial charge in [-0.15, -0.1) is 11.6 Å². The van der Waals surface area contributed by atoms with Crippen molar-refractivity contribution >= 4 is 23.5 Å². The van der Waals surface area contributed by atoms with Crippen molar-refractivity contribution in [2.45, 2.75) is 100 Å². The van der Waals surface area contributed by atoms with Crippen molar-refractivity contribution in [3.8, 4) is 0 Å². The number of ether oxygens (including phenoxy) is 8. The first kappa shape index (κ1) is 19.9. The summed E-state index contributed by atoms with van der Waals surface area (Å²) in [6, 6.07) is 0. The van der Waals surface area contributed by atoms with Gasteiger partial charge >= 0.3 is 11.9 Å². The van der Waals surface area contributed by atoms with Crippen LogP contribution in [0.15, 0.2) is 0 Å². The lowest BCUT2D eigenvalue weighted by Gasteiger charge is -2.20. The molecule has 0 N–H and O–H groups in total. The quantitative estimate of drug-likeness (QED) is 0.396. The summed E-state index contributed by atoms with van der Waals surface area (Å²) >= 11 is 5.84. The minimum atomic E-state index is -0.754. The molecule has 162 valence electrons. The molecule has 6 aliphatic heterocycles. The highest BCUT2D eigenvalue weighted by atomic mass is 35.5. The first-order chi connectivity index (χ1) is 13.5. The molecule has 0 saturated carbocycles. The van der Waals surface area contributed by atoms with E-state index in [0.29, 0.717) is 6.42 Å². The van der Waals surface area contributed by atoms with Gasteiger partial charge < -0.3 is 37.9 Å². The largest absolute Gasteiger partial charge is 0.456 e. The van der Waals surface area contributed by atoms with Gasteiger partial charge in [0.05, 0.1) is 6.42 Å². The van der Waals surface area contributed by atoms with E-state index in [-0.39, 0.29) is 36.7 Å². The molecular weight excluding hydrogens is 412 g/mol. The molecule has 0 amide bonds. The summed E-state index contributed by atoms with van der Waals surface area (Å²) in [4.78, 5) is 22.2. The van der Waals surface area contributed by atoms with Gasteiger partial charge in [0.2, 0.25) is 0 Å². The molecule has 6 rings (SSSR count). The van der Waals surface area contributed by atoms with Gasteiger partial charge in [-0.05, 0) is 27.7 Å². The zero-order valence-electron chi connectivity index (χ0n) is 16.4. The van der Waals surface area contributed by atoms with Crippen LogP contribution in [0, 0.1) is 0 Å². The van der Waals surface area contributed by atoms with Crippen LogP contribution in [0.4, 0.5) is 0 Å². The second kappa shape index (κ2) is 6.49. The van der Waals surface area contributed by atoms with Crippen LogP contribution >= 0.6 is 11.6 Å². The van der Waals surface area contributed by atoms with E-state index in [1.807, 2.05) is 13.8 Å². The highest BCUT2D eigenvalue weighted by molar-refractivity contribution is 6.31. The van der Waals surface area contributed by atoms with Crippen LogP contribution < -0.4 is 0 Å². The number of hydrogen-bond donors (Lipinski definition) is 0.